The van der Waals surface area contributed by atoms with Crippen molar-refractivity contribution in [2.24, 2.45) is 5.92 Å². The second-order valence-corrected chi connectivity index (χ2v) is 7.29. The summed E-state index contributed by atoms with van der Waals surface area (Å²) in [7, 11) is 1.67. The van der Waals surface area contributed by atoms with Gasteiger partial charge in [-0.3, -0.25) is 9.48 Å². The Bertz CT molecular complexity index is 783. The number of rotatable bonds is 6. The van der Waals surface area contributed by atoms with Crippen molar-refractivity contribution >= 4 is 5.91 Å². The molecule has 1 saturated carbocycles. The molecule has 2 aromatic rings. The maximum absolute atomic E-state index is 13.1. The van der Waals surface area contributed by atoms with Gasteiger partial charge in [0.2, 0.25) is 5.91 Å². The predicted octanol–water partition coefficient (Wildman–Crippen LogP) is 2.75. The molecule has 0 spiro atoms. The van der Waals surface area contributed by atoms with Gasteiger partial charge in [-0.2, -0.15) is 5.10 Å². The molecule has 1 fully saturated rings. The summed E-state index contributed by atoms with van der Waals surface area (Å²) in [6.45, 7) is 2.05. The van der Waals surface area contributed by atoms with Crippen molar-refractivity contribution in [3.8, 4) is 0 Å². The fourth-order valence-electron chi connectivity index (χ4n) is 3.75. The van der Waals surface area contributed by atoms with Gasteiger partial charge in [0, 0.05) is 20.2 Å². The highest BCUT2D eigenvalue weighted by atomic mass is 19.1. The summed E-state index contributed by atoms with van der Waals surface area (Å²) in [5.74, 6) is 0.473. The van der Waals surface area contributed by atoms with Crippen molar-refractivity contribution < 1.29 is 13.9 Å². The molecule has 0 radical (unpaired) electrons. The largest absolute Gasteiger partial charge is 0.382 e. The second kappa shape index (κ2) is 7.19. The van der Waals surface area contributed by atoms with Crippen LogP contribution in [0.5, 0.6) is 0 Å². The van der Waals surface area contributed by atoms with Crippen molar-refractivity contribution in [2.75, 3.05) is 20.3 Å². The number of methoxy groups -OCH3 is 1. The maximum atomic E-state index is 13.1. The Morgan fingerprint density at radius 1 is 1.31 bits per heavy atom. The van der Waals surface area contributed by atoms with Gasteiger partial charge in [0.1, 0.15) is 5.82 Å². The summed E-state index contributed by atoms with van der Waals surface area (Å²) < 4.78 is 20.6. The summed E-state index contributed by atoms with van der Waals surface area (Å²) >= 11 is 0. The third-order valence-corrected chi connectivity index (χ3v) is 5.32. The smallest absolute Gasteiger partial charge is 0.227 e. The number of carbonyl (C=O) groups excluding carboxylic acids is 1. The Balaban J connectivity index is 1.56. The van der Waals surface area contributed by atoms with Crippen LogP contribution in [-0.2, 0) is 28.9 Å². The van der Waals surface area contributed by atoms with Crippen molar-refractivity contribution in [3.05, 3.63) is 53.1 Å². The molecule has 1 aliphatic carbocycles. The van der Waals surface area contributed by atoms with E-state index in [0.717, 1.165) is 24.2 Å². The number of carbonyl (C=O) groups is 1. The lowest BCUT2D eigenvalue weighted by Crippen LogP contribution is -2.43. The number of fused-ring (bicyclic) bond motifs is 1. The van der Waals surface area contributed by atoms with Crippen LogP contribution in [0.2, 0.25) is 0 Å². The van der Waals surface area contributed by atoms with E-state index < -0.39 is 0 Å². The third kappa shape index (κ3) is 3.51. The lowest BCUT2D eigenvalue weighted by Gasteiger charge is -2.36. The van der Waals surface area contributed by atoms with E-state index in [1.54, 1.807) is 19.2 Å². The second-order valence-electron chi connectivity index (χ2n) is 7.29. The number of halogens is 1. The summed E-state index contributed by atoms with van der Waals surface area (Å²) in [6, 6.07) is 6.02. The number of ether oxygens (including phenoxy) is 1. The van der Waals surface area contributed by atoms with E-state index in [2.05, 4.69) is 9.78 Å². The Hall–Kier alpha value is -2.21. The van der Waals surface area contributed by atoms with E-state index in [9.17, 15) is 9.18 Å². The average molecular weight is 357 g/mol. The number of hydrogen-bond acceptors (Lipinski definition) is 3. The van der Waals surface area contributed by atoms with Crippen LogP contribution in [-0.4, -0.2) is 40.8 Å². The van der Waals surface area contributed by atoms with Crippen molar-refractivity contribution in [2.45, 2.75) is 38.3 Å². The molecule has 0 N–H and O–H groups in total. The zero-order chi connectivity index (χ0) is 18.1. The molecule has 26 heavy (non-hydrogen) atoms. The van der Waals surface area contributed by atoms with E-state index in [0.29, 0.717) is 19.1 Å². The van der Waals surface area contributed by atoms with E-state index in [1.165, 1.54) is 30.5 Å². The van der Waals surface area contributed by atoms with Crippen LogP contribution in [0.25, 0.3) is 0 Å². The van der Waals surface area contributed by atoms with E-state index in [4.69, 9.17) is 4.74 Å². The molecule has 138 valence electrons. The zero-order valence-corrected chi connectivity index (χ0v) is 15.0. The summed E-state index contributed by atoms with van der Waals surface area (Å²) in [5, 5.41) is 4.58. The maximum Gasteiger partial charge on any atom is 0.227 e. The van der Waals surface area contributed by atoms with Gasteiger partial charge in [0.15, 0.2) is 0 Å². The van der Waals surface area contributed by atoms with Crippen LogP contribution in [0, 0.1) is 11.7 Å². The lowest BCUT2D eigenvalue weighted by molar-refractivity contribution is -0.134. The molecule has 1 aromatic heterocycles. The molecule has 0 saturated heterocycles. The van der Waals surface area contributed by atoms with Crippen LogP contribution in [0.3, 0.4) is 0 Å². The molecule has 4 rings (SSSR count). The van der Waals surface area contributed by atoms with Crippen molar-refractivity contribution in [1.82, 2.24) is 14.7 Å². The monoisotopic (exact) mass is 357 g/mol. The SMILES string of the molecule is COC[C@@H]1c2c(cnn2CC2CC2)CCN1C(=O)Cc1ccc(F)cc1. The minimum absolute atomic E-state index is 0.0449. The fraction of sp³-hybridized carbons (Fsp3) is 0.500. The minimum atomic E-state index is -0.287. The van der Waals surface area contributed by atoms with Crippen LogP contribution in [0.1, 0.15) is 35.7 Å². The van der Waals surface area contributed by atoms with Crippen LogP contribution in [0.15, 0.2) is 30.5 Å². The van der Waals surface area contributed by atoms with Crippen LogP contribution in [0.4, 0.5) is 4.39 Å². The fourth-order valence-corrected chi connectivity index (χ4v) is 3.75. The number of aromatic nitrogens is 2. The summed E-state index contributed by atoms with van der Waals surface area (Å²) in [6.07, 6.45) is 5.55. The highest BCUT2D eigenvalue weighted by molar-refractivity contribution is 5.79. The standard InChI is InChI=1S/C20H24FN3O2/c1-26-13-18-20-16(11-22-24(20)12-15-2-3-15)8-9-23(18)19(25)10-14-4-6-17(21)7-5-14/h4-7,11,15,18H,2-3,8-10,12-13H2,1H3/t18-/m1/s1. The van der Waals surface area contributed by atoms with Crippen molar-refractivity contribution in [3.63, 3.8) is 0 Å². The van der Waals surface area contributed by atoms with Gasteiger partial charge >= 0.3 is 0 Å². The van der Waals surface area contributed by atoms with Crippen LogP contribution < -0.4 is 0 Å². The van der Waals surface area contributed by atoms with Gasteiger partial charge in [-0.25, -0.2) is 4.39 Å². The number of amides is 1. The summed E-state index contributed by atoms with van der Waals surface area (Å²) in [4.78, 5) is 14.9. The molecule has 1 atom stereocenters. The minimum Gasteiger partial charge on any atom is -0.382 e. The van der Waals surface area contributed by atoms with E-state index in [-0.39, 0.29) is 24.2 Å². The molecule has 1 amide bonds. The highest BCUT2D eigenvalue weighted by Gasteiger charge is 2.35. The third-order valence-electron chi connectivity index (χ3n) is 5.32. The molecule has 2 aliphatic rings. The molecule has 0 unspecified atom stereocenters. The first-order chi connectivity index (χ1) is 12.7. The molecule has 0 bridgehead atoms. The molecular weight excluding hydrogens is 333 g/mol. The van der Waals surface area contributed by atoms with Crippen LogP contribution >= 0.6 is 0 Å². The Kier molecular flexibility index (Phi) is 4.76. The molecular formula is C20H24FN3O2. The van der Waals surface area contributed by atoms with Gasteiger partial charge in [-0.15, -0.1) is 0 Å². The normalized spacial score (nSPS) is 19.5. The zero-order valence-electron chi connectivity index (χ0n) is 15.0. The first-order valence-electron chi connectivity index (χ1n) is 9.23. The predicted molar refractivity (Wildman–Crippen MR) is 95.1 cm³/mol. The highest BCUT2D eigenvalue weighted by Crippen LogP contribution is 2.35. The quantitative estimate of drug-likeness (QED) is 0.799. The molecule has 5 nitrogen and oxygen atoms in total. The van der Waals surface area contributed by atoms with Gasteiger partial charge in [-0.05, 0) is 48.4 Å². The Morgan fingerprint density at radius 3 is 2.77 bits per heavy atom. The number of nitrogens with zero attached hydrogens (tertiary/aromatic N) is 3. The topological polar surface area (TPSA) is 47.4 Å². The molecule has 1 aliphatic heterocycles. The average Bonchev–Trinajstić information content (AvgIpc) is 3.36. The molecule has 2 heterocycles. The first kappa shape index (κ1) is 17.2. The Labute approximate surface area is 152 Å². The number of benzene rings is 1. The molecule has 1 aromatic carbocycles. The van der Waals surface area contributed by atoms with Gasteiger partial charge in [0.05, 0.1) is 31.0 Å². The van der Waals surface area contributed by atoms with Gasteiger partial charge < -0.3 is 9.64 Å². The Morgan fingerprint density at radius 2 is 2.08 bits per heavy atom. The van der Waals surface area contributed by atoms with Gasteiger partial charge in [-0.1, -0.05) is 12.1 Å². The lowest BCUT2D eigenvalue weighted by atomic mass is 9.98. The van der Waals surface area contributed by atoms with E-state index in [1.807, 2.05) is 11.1 Å². The molecule has 6 heteroatoms. The van der Waals surface area contributed by atoms with Gasteiger partial charge in [0.25, 0.3) is 0 Å². The summed E-state index contributed by atoms with van der Waals surface area (Å²) in [5.41, 5.74) is 3.17. The first-order valence-corrected chi connectivity index (χ1v) is 9.23. The number of hydrogen-bond donors (Lipinski definition) is 0. The van der Waals surface area contributed by atoms with E-state index >= 15 is 0 Å². The van der Waals surface area contributed by atoms with Crippen molar-refractivity contribution in [1.29, 1.82) is 0 Å².